The van der Waals surface area contributed by atoms with Crippen LogP contribution in [0.3, 0.4) is 0 Å². The summed E-state index contributed by atoms with van der Waals surface area (Å²) < 4.78 is 34.9. The quantitative estimate of drug-likeness (QED) is 0.329. The third-order valence-electron chi connectivity index (χ3n) is 6.16. The van der Waals surface area contributed by atoms with Gasteiger partial charge in [0.15, 0.2) is 0 Å². The SMILES string of the molecule is COc1ccc(N(CC(=O)N(Cc2cccc(Br)c2)C(C)C(=O)NC(C)(C)C)S(=O)(=O)c2ccc(C)cc2)cc1. The fourth-order valence-corrected chi connectivity index (χ4v) is 5.86. The van der Waals surface area contributed by atoms with E-state index in [1.54, 1.807) is 43.3 Å². The Morgan fingerprint density at radius 1 is 1.00 bits per heavy atom. The van der Waals surface area contributed by atoms with Crippen LogP contribution in [0.5, 0.6) is 5.75 Å². The largest absolute Gasteiger partial charge is 0.497 e. The lowest BCUT2D eigenvalue weighted by Gasteiger charge is -2.33. The number of amides is 2. The minimum Gasteiger partial charge on any atom is -0.497 e. The predicted molar refractivity (Wildman–Crippen MR) is 161 cm³/mol. The number of carbonyl (C=O) groups excluding carboxylic acids is 2. The number of rotatable bonds is 10. The van der Waals surface area contributed by atoms with Gasteiger partial charge in [-0.15, -0.1) is 0 Å². The number of benzene rings is 3. The predicted octanol–water partition coefficient (Wildman–Crippen LogP) is 5.29. The van der Waals surface area contributed by atoms with Gasteiger partial charge in [0.05, 0.1) is 17.7 Å². The molecule has 214 valence electrons. The second kappa shape index (κ2) is 12.9. The van der Waals surface area contributed by atoms with Crippen LogP contribution in [-0.4, -0.2) is 50.4 Å². The van der Waals surface area contributed by atoms with Gasteiger partial charge in [-0.2, -0.15) is 0 Å². The summed E-state index contributed by atoms with van der Waals surface area (Å²) in [6, 6.07) is 19.4. The summed E-state index contributed by atoms with van der Waals surface area (Å²) in [4.78, 5) is 28.6. The summed E-state index contributed by atoms with van der Waals surface area (Å²) in [6.45, 7) is 8.68. The molecule has 3 aromatic carbocycles. The molecule has 0 aliphatic carbocycles. The molecule has 0 aromatic heterocycles. The number of methoxy groups -OCH3 is 1. The number of nitrogens with zero attached hydrogens (tertiary/aromatic N) is 2. The fraction of sp³-hybridized carbons (Fsp3) is 0.333. The molecule has 0 heterocycles. The molecule has 0 aliphatic rings. The van der Waals surface area contributed by atoms with Crippen molar-refractivity contribution < 1.29 is 22.7 Å². The van der Waals surface area contributed by atoms with E-state index in [9.17, 15) is 18.0 Å². The lowest BCUT2D eigenvalue weighted by Crippen LogP contribution is -2.54. The molecule has 0 saturated heterocycles. The van der Waals surface area contributed by atoms with Crippen molar-refractivity contribution in [2.75, 3.05) is 18.0 Å². The number of hydrogen-bond acceptors (Lipinski definition) is 5. The number of carbonyl (C=O) groups is 2. The van der Waals surface area contributed by atoms with Crippen molar-refractivity contribution in [1.29, 1.82) is 0 Å². The Balaban J connectivity index is 2.04. The van der Waals surface area contributed by atoms with Gasteiger partial charge in [0.1, 0.15) is 18.3 Å². The first-order chi connectivity index (χ1) is 18.7. The van der Waals surface area contributed by atoms with Crippen LogP contribution in [0.15, 0.2) is 82.2 Å². The first kappa shape index (κ1) is 31.2. The van der Waals surface area contributed by atoms with E-state index >= 15 is 0 Å². The van der Waals surface area contributed by atoms with Crippen LogP contribution in [0.2, 0.25) is 0 Å². The Morgan fingerprint density at radius 3 is 2.17 bits per heavy atom. The number of ether oxygens (including phenoxy) is 1. The Hall–Kier alpha value is -3.37. The van der Waals surface area contributed by atoms with E-state index in [2.05, 4.69) is 21.2 Å². The van der Waals surface area contributed by atoms with Crippen LogP contribution in [0, 0.1) is 6.92 Å². The highest BCUT2D eigenvalue weighted by atomic mass is 79.9. The molecule has 3 aromatic rings. The summed E-state index contributed by atoms with van der Waals surface area (Å²) >= 11 is 3.45. The molecule has 0 aliphatic heterocycles. The maximum atomic E-state index is 14.0. The number of halogens is 1. The Kier molecular flexibility index (Phi) is 10.0. The highest BCUT2D eigenvalue weighted by molar-refractivity contribution is 9.10. The van der Waals surface area contributed by atoms with Crippen molar-refractivity contribution in [3.05, 3.63) is 88.4 Å². The minimum atomic E-state index is -4.14. The van der Waals surface area contributed by atoms with Gasteiger partial charge in [0, 0.05) is 16.6 Å². The van der Waals surface area contributed by atoms with Gasteiger partial charge in [-0.3, -0.25) is 13.9 Å². The Morgan fingerprint density at radius 2 is 1.62 bits per heavy atom. The highest BCUT2D eigenvalue weighted by Crippen LogP contribution is 2.27. The van der Waals surface area contributed by atoms with Crippen LogP contribution in [0.25, 0.3) is 0 Å². The third kappa shape index (κ3) is 8.08. The number of nitrogens with one attached hydrogen (secondary N) is 1. The number of aryl methyl sites for hydroxylation is 1. The first-order valence-electron chi connectivity index (χ1n) is 12.8. The average Bonchev–Trinajstić information content (AvgIpc) is 2.89. The summed E-state index contributed by atoms with van der Waals surface area (Å²) in [5.41, 5.74) is 1.48. The molecule has 0 spiro atoms. The van der Waals surface area contributed by atoms with E-state index in [1.807, 2.05) is 52.0 Å². The van der Waals surface area contributed by atoms with Crippen molar-refractivity contribution in [2.24, 2.45) is 0 Å². The second-order valence-corrected chi connectivity index (χ2v) is 13.4. The molecular formula is C30H36BrN3O5S. The first-order valence-corrected chi connectivity index (χ1v) is 15.0. The van der Waals surface area contributed by atoms with Crippen LogP contribution in [0.4, 0.5) is 5.69 Å². The van der Waals surface area contributed by atoms with E-state index in [0.717, 1.165) is 19.9 Å². The van der Waals surface area contributed by atoms with Crippen molar-refractivity contribution in [3.8, 4) is 5.75 Å². The van der Waals surface area contributed by atoms with Crippen molar-refractivity contribution in [2.45, 2.75) is 57.6 Å². The standard InChI is InChI=1S/C30H36BrN3O5S/c1-21-10-16-27(17-11-21)40(37,38)34(25-12-14-26(39-6)15-13-25)20-28(35)33(19-23-8-7-9-24(31)18-23)22(2)29(36)32-30(3,4)5/h7-18,22H,19-20H2,1-6H3,(H,32,36). The van der Waals surface area contributed by atoms with E-state index in [1.165, 1.54) is 24.1 Å². The van der Waals surface area contributed by atoms with E-state index < -0.39 is 34.1 Å². The maximum Gasteiger partial charge on any atom is 0.264 e. The molecule has 0 radical (unpaired) electrons. The fourth-order valence-electron chi connectivity index (χ4n) is 4.00. The number of hydrogen-bond donors (Lipinski definition) is 1. The zero-order valence-electron chi connectivity index (χ0n) is 23.6. The van der Waals surface area contributed by atoms with Crippen molar-refractivity contribution >= 4 is 43.5 Å². The normalized spacial score (nSPS) is 12.4. The molecule has 10 heteroatoms. The monoisotopic (exact) mass is 629 g/mol. The molecule has 1 unspecified atom stereocenters. The molecule has 40 heavy (non-hydrogen) atoms. The Labute approximate surface area is 245 Å². The minimum absolute atomic E-state index is 0.0544. The molecule has 1 atom stereocenters. The average molecular weight is 631 g/mol. The molecule has 0 fully saturated rings. The lowest BCUT2D eigenvalue weighted by molar-refractivity contribution is -0.140. The van der Waals surface area contributed by atoms with Gasteiger partial charge in [-0.1, -0.05) is 45.8 Å². The maximum absolute atomic E-state index is 14.0. The molecule has 8 nitrogen and oxygen atoms in total. The molecule has 2 amide bonds. The summed E-state index contributed by atoms with van der Waals surface area (Å²) in [6.07, 6.45) is 0. The van der Waals surface area contributed by atoms with Crippen molar-refractivity contribution in [3.63, 3.8) is 0 Å². The van der Waals surface area contributed by atoms with Crippen LogP contribution in [-0.2, 0) is 26.2 Å². The Bertz CT molecular complexity index is 1440. The van der Waals surface area contributed by atoms with Gasteiger partial charge in [-0.25, -0.2) is 8.42 Å². The topological polar surface area (TPSA) is 96.0 Å². The van der Waals surface area contributed by atoms with E-state index in [-0.39, 0.29) is 17.3 Å². The van der Waals surface area contributed by atoms with Crippen LogP contribution in [0.1, 0.15) is 38.8 Å². The lowest BCUT2D eigenvalue weighted by atomic mass is 10.1. The second-order valence-electron chi connectivity index (χ2n) is 10.6. The zero-order chi connectivity index (χ0) is 29.7. The highest BCUT2D eigenvalue weighted by Gasteiger charge is 2.33. The smallest absolute Gasteiger partial charge is 0.264 e. The summed E-state index contributed by atoms with van der Waals surface area (Å²) in [7, 11) is -2.62. The molecule has 3 rings (SSSR count). The number of anilines is 1. The number of sulfonamides is 1. The van der Waals surface area contributed by atoms with Gasteiger partial charge in [0.25, 0.3) is 10.0 Å². The van der Waals surface area contributed by atoms with Crippen LogP contribution < -0.4 is 14.4 Å². The summed E-state index contributed by atoms with van der Waals surface area (Å²) in [5.74, 6) is -0.317. The zero-order valence-corrected chi connectivity index (χ0v) is 26.0. The molecule has 0 saturated carbocycles. The van der Waals surface area contributed by atoms with Gasteiger partial charge in [-0.05, 0) is 88.7 Å². The van der Waals surface area contributed by atoms with Crippen LogP contribution >= 0.6 is 15.9 Å². The van der Waals surface area contributed by atoms with Gasteiger partial charge in [0.2, 0.25) is 11.8 Å². The molecular weight excluding hydrogens is 594 g/mol. The summed E-state index contributed by atoms with van der Waals surface area (Å²) in [5, 5.41) is 2.92. The molecule has 1 N–H and O–H groups in total. The van der Waals surface area contributed by atoms with Gasteiger partial charge < -0.3 is 15.0 Å². The molecule has 0 bridgehead atoms. The van der Waals surface area contributed by atoms with Gasteiger partial charge >= 0.3 is 0 Å². The third-order valence-corrected chi connectivity index (χ3v) is 8.44. The van der Waals surface area contributed by atoms with Crippen molar-refractivity contribution in [1.82, 2.24) is 10.2 Å². The van der Waals surface area contributed by atoms with E-state index in [4.69, 9.17) is 4.74 Å². The van der Waals surface area contributed by atoms with E-state index in [0.29, 0.717) is 11.4 Å².